The lowest BCUT2D eigenvalue weighted by molar-refractivity contribution is -0.137. The van der Waals surface area contributed by atoms with Gasteiger partial charge in [-0.2, -0.15) is 0 Å². The smallest absolute Gasteiger partial charge is 0.236 e. The van der Waals surface area contributed by atoms with E-state index < -0.39 is 5.41 Å². The van der Waals surface area contributed by atoms with Crippen molar-refractivity contribution in [1.82, 2.24) is 14.5 Å². The zero-order valence-corrected chi connectivity index (χ0v) is 11.9. The standard InChI is InChI=1S/C13H21N5O2/c1-17-8-7-15-10(17)9-18(2)12(19)13(11(14)16-20)5-3-4-6-13/h7-8,20H,3-6,9H2,1-2H3,(H2,14,16). The minimum absolute atomic E-state index is 0.0201. The van der Waals surface area contributed by atoms with Crippen LogP contribution >= 0.6 is 0 Å². The van der Waals surface area contributed by atoms with Crippen LogP contribution < -0.4 is 5.73 Å². The van der Waals surface area contributed by atoms with Gasteiger partial charge >= 0.3 is 0 Å². The number of carbonyl (C=O) groups is 1. The van der Waals surface area contributed by atoms with Gasteiger partial charge in [-0.05, 0) is 12.8 Å². The van der Waals surface area contributed by atoms with Crippen LogP contribution in [0.25, 0.3) is 0 Å². The SMILES string of the molecule is CN(Cc1nccn1C)C(=O)C1(C(N)=NO)CCCC1. The van der Waals surface area contributed by atoms with Crippen LogP contribution in [0.4, 0.5) is 0 Å². The van der Waals surface area contributed by atoms with Gasteiger partial charge in [-0.3, -0.25) is 4.79 Å². The molecule has 1 saturated carbocycles. The highest BCUT2D eigenvalue weighted by Crippen LogP contribution is 2.40. The summed E-state index contributed by atoms with van der Waals surface area (Å²) in [4.78, 5) is 18.5. The Morgan fingerprint density at radius 2 is 2.25 bits per heavy atom. The Morgan fingerprint density at radius 1 is 1.60 bits per heavy atom. The predicted molar refractivity (Wildman–Crippen MR) is 74.0 cm³/mol. The molecule has 0 atom stereocenters. The molecular formula is C13H21N5O2. The monoisotopic (exact) mass is 279 g/mol. The molecule has 0 aromatic carbocycles. The molecule has 1 aliphatic rings. The van der Waals surface area contributed by atoms with Crippen molar-refractivity contribution in [2.24, 2.45) is 23.4 Å². The molecule has 7 heteroatoms. The minimum atomic E-state index is -0.853. The van der Waals surface area contributed by atoms with Crippen molar-refractivity contribution in [2.45, 2.75) is 32.2 Å². The summed E-state index contributed by atoms with van der Waals surface area (Å²) >= 11 is 0. The van der Waals surface area contributed by atoms with E-state index in [9.17, 15) is 4.79 Å². The molecule has 1 aromatic rings. The summed E-state index contributed by atoms with van der Waals surface area (Å²) in [5, 5.41) is 12.1. The molecule has 1 aromatic heterocycles. The van der Waals surface area contributed by atoms with Crippen LogP contribution in [0.15, 0.2) is 17.5 Å². The molecule has 7 nitrogen and oxygen atoms in total. The molecule has 0 aliphatic heterocycles. The molecule has 110 valence electrons. The molecule has 3 N–H and O–H groups in total. The maximum absolute atomic E-state index is 12.7. The summed E-state index contributed by atoms with van der Waals surface area (Å²) in [6.45, 7) is 0.406. The number of nitrogens with zero attached hydrogens (tertiary/aromatic N) is 4. The number of amidine groups is 1. The van der Waals surface area contributed by atoms with Gasteiger partial charge in [-0.25, -0.2) is 4.98 Å². The lowest BCUT2D eigenvalue weighted by Crippen LogP contribution is -2.48. The van der Waals surface area contributed by atoms with Gasteiger partial charge in [0.2, 0.25) is 5.91 Å². The van der Waals surface area contributed by atoms with E-state index in [0.29, 0.717) is 19.4 Å². The Morgan fingerprint density at radius 3 is 2.75 bits per heavy atom. The van der Waals surface area contributed by atoms with Gasteiger partial charge in [-0.1, -0.05) is 18.0 Å². The summed E-state index contributed by atoms with van der Waals surface area (Å²) in [7, 11) is 3.61. The molecule has 0 radical (unpaired) electrons. The number of aromatic nitrogens is 2. The minimum Gasteiger partial charge on any atom is -0.409 e. The van der Waals surface area contributed by atoms with Crippen LogP contribution in [0.3, 0.4) is 0 Å². The van der Waals surface area contributed by atoms with Crippen LogP contribution in [0.1, 0.15) is 31.5 Å². The van der Waals surface area contributed by atoms with E-state index in [0.717, 1.165) is 18.7 Å². The maximum Gasteiger partial charge on any atom is 0.236 e. The first-order valence-corrected chi connectivity index (χ1v) is 6.71. The number of nitrogens with two attached hydrogens (primary N) is 1. The molecule has 0 bridgehead atoms. The third-order valence-electron chi connectivity index (χ3n) is 4.11. The molecule has 1 aliphatic carbocycles. The summed E-state index contributed by atoms with van der Waals surface area (Å²) in [6, 6.07) is 0. The van der Waals surface area contributed by atoms with Crippen molar-refractivity contribution < 1.29 is 10.0 Å². The van der Waals surface area contributed by atoms with Gasteiger partial charge < -0.3 is 20.4 Å². The second-order valence-corrected chi connectivity index (χ2v) is 5.39. The normalized spacial score (nSPS) is 18.2. The van der Waals surface area contributed by atoms with Gasteiger partial charge in [0.15, 0.2) is 5.84 Å². The fourth-order valence-corrected chi connectivity index (χ4v) is 2.85. The predicted octanol–water partition coefficient (Wildman–Crippen LogP) is 0.685. The molecular weight excluding hydrogens is 258 g/mol. The average molecular weight is 279 g/mol. The molecule has 0 spiro atoms. The third kappa shape index (κ3) is 2.35. The summed E-state index contributed by atoms with van der Waals surface area (Å²) in [5.41, 5.74) is 4.93. The van der Waals surface area contributed by atoms with Gasteiger partial charge in [0.05, 0.1) is 6.54 Å². The Bertz CT molecular complexity index is 517. The number of amides is 1. The van der Waals surface area contributed by atoms with Crippen molar-refractivity contribution in [2.75, 3.05) is 7.05 Å². The zero-order chi connectivity index (χ0) is 14.8. The number of hydrogen-bond acceptors (Lipinski definition) is 4. The number of hydrogen-bond donors (Lipinski definition) is 2. The average Bonchev–Trinajstić information content (AvgIpc) is 3.08. The molecule has 1 fully saturated rings. The fraction of sp³-hybridized carbons (Fsp3) is 0.615. The van der Waals surface area contributed by atoms with Crippen molar-refractivity contribution >= 4 is 11.7 Å². The Labute approximate surface area is 118 Å². The lowest BCUT2D eigenvalue weighted by Gasteiger charge is -2.31. The first kappa shape index (κ1) is 14.4. The molecule has 0 saturated heterocycles. The van der Waals surface area contributed by atoms with Crippen molar-refractivity contribution in [3.05, 3.63) is 18.2 Å². The molecule has 0 unspecified atom stereocenters. The van der Waals surface area contributed by atoms with E-state index in [1.807, 2.05) is 17.8 Å². The fourth-order valence-electron chi connectivity index (χ4n) is 2.85. The van der Waals surface area contributed by atoms with Crippen molar-refractivity contribution in [3.63, 3.8) is 0 Å². The number of aryl methyl sites for hydroxylation is 1. The Hall–Kier alpha value is -2.05. The van der Waals surface area contributed by atoms with Crippen LogP contribution in [0.5, 0.6) is 0 Å². The number of carbonyl (C=O) groups excluding carboxylic acids is 1. The topological polar surface area (TPSA) is 96.7 Å². The van der Waals surface area contributed by atoms with E-state index in [2.05, 4.69) is 10.1 Å². The van der Waals surface area contributed by atoms with Crippen LogP contribution in [-0.4, -0.2) is 38.4 Å². The Kier molecular flexibility index (Phi) is 3.96. The van der Waals surface area contributed by atoms with E-state index in [1.165, 1.54) is 0 Å². The second kappa shape index (κ2) is 5.52. The number of imidazole rings is 1. The first-order valence-electron chi connectivity index (χ1n) is 6.71. The van der Waals surface area contributed by atoms with E-state index in [4.69, 9.17) is 10.9 Å². The largest absolute Gasteiger partial charge is 0.409 e. The highest BCUT2D eigenvalue weighted by molar-refractivity contribution is 6.06. The molecule has 1 amide bonds. The summed E-state index contributed by atoms with van der Waals surface area (Å²) in [5.74, 6) is 0.716. The molecule has 2 rings (SSSR count). The van der Waals surface area contributed by atoms with E-state index in [1.54, 1.807) is 18.1 Å². The van der Waals surface area contributed by atoms with Gasteiger partial charge in [-0.15, -0.1) is 0 Å². The zero-order valence-electron chi connectivity index (χ0n) is 11.9. The molecule has 20 heavy (non-hydrogen) atoms. The third-order valence-corrected chi connectivity index (χ3v) is 4.11. The van der Waals surface area contributed by atoms with Gasteiger partial charge in [0.25, 0.3) is 0 Å². The van der Waals surface area contributed by atoms with Crippen molar-refractivity contribution in [1.29, 1.82) is 0 Å². The van der Waals surface area contributed by atoms with Gasteiger partial charge in [0, 0.05) is 26.5 Å². The summed E-state index contributed by atoms with van der Waals surface area (Å²) in [6.07, 6.45) is 6.63. The second-order valence-electron chi connectivity index (χ2n) is 5.39. The van der Waals surface area contributed by atoms with E-state index in [-0.39, 0.29) is 11.7 Å². The maximum atomic E-state index is 12.7. The van der Waals surface area contributed by atoms with Gasteiger partial charge in [0.1, 0.15) is 11.2 Å². The first-order chi connectivity index (χ1) is 9.51. The Balaban J connectivity index is 2.18. The number of rotatable bonds is 4. The van der Waals surface area contributed by atoms with Crippen molar-refractivity contribution in [3.8, 4) is 0 Å². The summed E-state index contributed by atoms with van der Waals surface area (Å²) < 4.78 is 1.87. The quantitative estimate of drug-likeness (QED) is 0.367. The number of oxime groups is 1. The highest BCUT2D eigenvalue weighted by Gasteiger charge is 2.46. The highest BCUT2D eigenvalue weighted by atomic mass is 16.4. The van der Waals surface area contributed by atoms with Crippen LogP contribution in [-0.2, 0) is 18.4 Å². The van der Waals surface area contributed by atoms with Crippen LogP contribution in [0, 0.1) is 5.41 Å². The molecule has 1 heterocycles. The van der Waals surface area contributed by atoms with E-state index >= 15 is 0 Å². The van der Waals surface area contributed by atoms with Crippen LogP contribution in [0.2, 0.25) is 0 Å². The lowest BCUT2D eigenvalue weighted by atomic mass is 9.83.